The highest BCUT2D eigenvalue weighted by molar-refractivity contribution is 5.62. The molecule has 0 bridgehead atoms. The van der Waals surface area contributed by atoms with Gasteiger partial charge in [-0.05, 0) is 46.9 Å². The lowest BCUT2D eigenvalue weighted by molar-refractivity contribution is -0.384. The van der Waals surface area contributed by atoms with Gasteiger partial charge in [0, 0.05) is 11.6 Å². The molecule has 6 heteroatoms. The number of unbranched alkanes of at least 4 members (excludes halogenated alkanes) is 1. The molecule has 2 rings (SSSR count). The van der Waals surface area contributed by atoms with Crippen LogP contribution in [-0.4, -0.2) is 10.0 Å². The third-order valence-electron chi connectivity index (χ3n) is 5.08. The van der Waals surface area contributed by atoms with Crippen molar-refractivity contribution < 1.29 is 10.0 Å². The number of nitro groups is 1. The second kappa shape index (κ2) is 8.94. The molecule has 0 radical (unpaired) electrons. The molecule has 0 fully saturated rings. The van der Waals surface area contributed by atoms with Crippen molar-refractivity contribution in [3.8, 4) is 5.75 Å². The predicted molar refractivity (Wildman–Crippen MR) is 121 cm³/mol. The van der Waals surface area contributed by atoms with Gasteiger partial charge in [0.2, 0.25) is 0 Å². The van der Waals surface area contributed by atoms with Crippen LogP contribution in [0.5, 0.6) is 5.75 Å². The highest BCUT2D eigenvalue weighted by Crippen LogP contribution is 2.42. The first kappa shape index (κ1) is 23.5. The molecule has 0 atom stereocenters. The minimum atomic E-state index is -0.435. The highest BCUT2D eigenvalue weighted by Gasteiger charge is 2.25. The number of azo groups is 1. The number of benzene rings is 2. The van der Waals surface area contributed by atoms with Gasteiger partial charge in [0.15, 0.2) is 5.69 Å². The summed E-state index contributed by atoms with van der Waals surface area (Å²) in [5, 5.41) is 30.8. The lowest BCUT2D eigenvalue weighted by Crippen LogP contribution is -2.16. The van der Waals surface area contributed by atoms with Crippen LogP contribution in [0.25, 0.3) is 0 Å². The van der Waals surface area contributed by atoms with Gasteiger partial charge >= 0.3 is 0 Å². The summed E-state index contributed by atoms with van der Waals surface area (Å²) < 4.78 is 0. The van der Waals surface area contributed by atoms with Crippen LogP contribution in [-0.2, 0) is 17.3 Å². The van der Waals surface area contributed by atoms with Gasteiger partial charge in [0.05, 0.1) is 4.92 Å². The molecule has 0 heterocycles. The monoisotopic (exact) mass is 411 g/mol. The predicted octanol–water partition coefficient (Wildman–Crippen LogP) is 7.65. The Hall–Kier alpha value is -2.76. The maximum atomic E-state index is 11.6. The molecule has 0 aliphatic heterocycles. The Balaban J connectivity index is 2.55. The Morgan fingerprint density at radius 2 is 1.60 bits per heavy atom. The fraction of sp³-hybridized carbons (Fsp3) is 0.500. The average molecular weight is 412 g/mol. The molecule has 0 aromatic heterocycles. The van der Waals surface area contributed by atoms with Crippen molar-refractivity contribution in [2.45, 2.75) is 78.6 Å². The molecular formula is C24H33N3O3. The molecule has 0 aliphatic rings. The number of hydrogen-bond donors (Lipinski definition) is 1. The summed E-state index contributed by atoms with van der Waals surface area (Å²) in [6.07, 6.45) is 2.79. The molecule has 0 saturated heterocycles. The smallest absolute Gasteiger partial charge is 0.296 e. The Bertz CT molecular complexity index is 951. The first-order valence-electron chi connectivity index (χ1n) is 10.4. The zero-order chi connectivity index (χ0) is 22.7. The molecule has 0 spiro atoms. The molecule has 0 aliphatic carbocycles. The summed E-state index contributed by atoms with van der Waals surface area (Å²) in [5.74, 6) is 0.0569. The van der Waals surface area contributed by atoms with E-state index in [0.717, 1.165) is 36.0 Å². The number of aromatic hydroxyl groups is 1. The summed E-state index contributed by atoms with van der Waals surface area (Å²) in [4.78, 5) is 11.1. The lowest BCUT2D eigenvalue weighted by Gasteiger charge is -2.26. The number of hydrogen-bond acceptors (Lipinski definition) is 5. The van der Waals surface area contributed by atoms with Crippen molar-refractivity contribution >= 4 is 17.1 Å². The number of phenols is 1. The van der Waals surface area contributed by atoms with Crippen LogP contribution >= 0.6 is 0 Å². The topological polar surface area (TPSA) is 88.1 Å². The first-order valence-corrected chi connectivity index (χ1v) is 10.4. The molecule has 30 heavy (non-hydrogen) atoms. The fourth-order valence-corrected chi connectivity index (χ4v) is 3.14. The van der Waals surface area contributed by atoms with Crippen molar-refractivity contribution in [3.63, 3.8) is 0 Å². The Morgan fingerprint density at radius 1 is 0.967 bits per heavy atom. The fourth-order valence-electron chi connectivity index (χ4n) is 3.14. The van der Waals surface area contributed by atoms with Gasteiger partial charge in [0.1, 0.15) is 11.4 Å². The Labute approximate surface area is 179 Å². The maximum absolute atomic E-state index is 11.6. The van der Waals surface area contributed by atoms with E-state index in [1.807, 2.05) is 32.9 Å². The summed E-state index contributed by atoms with van der Waals surface area (Å²) in [7, 11) is 0. The van der Waals surface area contributed by atoms with Crippen LogP contribution in [0.1, 0.15) is 78.0 Å². The van der Waals surface area contributed by atoms with E-state index in [1.165, 1.54) is 0 Å². The molecule has 2 aromatic rings. The van der Waals surface area contributed by atoms with Gasteiger partial charge in [-0.15, -0.1) is 10.2 Å². The van der Waals surface area contributed by atoms with E-state index < -0.39 is 4.92 Å². The van der Waals surface area contributed by atoms with Gasteiger partial charge in [-0.25, -0.2) is 0 Å². The van der Waals surface area contributed by atoms with Gasteiger partial charge < -0.3 is 5.11 Å². The van der Waals surface area contributed by atoms with Crippen molar-refractivity contribution in [2.75, 3.05) is 0 Å². The van der Waals surface area contributed by atoms with Gasteiger partial charge in [-0.2, -0.15) is 0 Å². The minimum absolute atomic E-state index is 0.0569. The summed E-state index contributed by atoms with van der Waals surface area (Å²) in [6, 6.07) is 8.84. The molecule has 6 nitrogen and oxygen atoms in total. The average Bonchev–Trinajstić information content (AvgIpc) is 2.63. The van der Waals surface area contributed by atoms with E-state index in [9.17, 15) is 15.2 Å². The van der Waals surface area contributed by atoms with E-state index in [4.69, 9.17) is 0 Å². The van der Waals surface area contributed by atoms with Crippen LogP contribution in [0.3, 0.4) is 0 Å². The van der Waals surface area contributed by atoms with E-state index in [0.29, 0.717) is 5.69 Å². The zero-order valence-electron chi connectivity index (χ0n) is 19.1. The number of nitro benzene ring substituents is 1. The molecule has 1 N–H and O–H groups in total. The minimum Gasteiger partial charge on any atom is -0.505 e. The third-order valence-corrected chi connectivity index (χ3v) is 5.08. The highest BCUT2D eigenvalue weighted by atomic mass is 16.6. The van der Waals surface area contributed by atoms with Crippen LogP contribution in [0.2, 0.25) is 0 Å². The number of phenolic OH excluding ortho intramolecular Hbond substituents is 1. The zero-order valence-corrected chi connectivity index (χ0v) is 19.1. The SMILES string of the molecule is CCCCc1ccc(/N=N/c2cc(C(C)(C)C)cc(C(C)(C)C)c2O)c([N+](=O)[O-])c1. The second-order valence-electron chi connectivity index (χ2n) is 9.78. The van der Waals surface area contributed by atoms with E-state index in [2.05, 4.69) is 37.9 Å². The van der Waals surface area contributed by atoms with Gasteiger partial charge in [-0.1, -0.05) is 67.0 Å². The molecule has 0 saturated carbocycles. The van der Waals surface area contributed by atoms with Crippen LogP contribution in [0.15, 0.2) is 40.6 Å². The van der Waals surface area contributed by atoms with Crippen LogP contribution < -0.4 is 0 Å². The standard InChI is InChI=1S/C24H33N3O3/c1-8-9-10-16-11-12-19(21(13-16)27(29)30)25-26-20-15-17(23(2,3)4)14-18(22(20)28)24(5,6)7/h11-15,28H,8-10H2,1-7H3/b26-25+. The number of nitrogens with zero attached hydrogens (tertiary/aromatic N) is 3. The Kier molecular flexibility index (Phi) is 7.01. The quantitative estimate of drug-likeness (QED) is 0.301. The van der Waals surface area contributed by atoms with Crippen molar-refractivity contribution in [1.82, 2.24) is 0 Å². The molecule has 162 valence electrons. The maximum Gasteiger partial charge on any atom is 0.296 e. The van der Waals surface area contributed by atoms with Crippen molar-refractivity contribution in [1.29, 1.82) is 0 Å². The summed E-state index contributed by atoms with van der Waals surface area (Å²) in [6.45, 7) is 14.4. The van der Waals surface area contributed by atoms with Crippen LogP contribution in [0, 0.1) is 10.1 Å². The number of aryl methyl sites for hydroxylation is 1. The first-order chi connectivity index (χ1) is 13.8. The van der Waals surface area contributed by atoms with E-state index in [-0.39, 0.29) is 28.0 Å². The van der Waals surface area contributed by atoms with Gasteiger partial charge in [-0.3, -0.25) is 10.1 Å². The van der Waals surface area contributed by atoms with Gasteiger partial charge in [0.25, 0.3) is 5.69 Å². The molecular weight excluding hydrogens is 378 g/mol. The molecule has 0 amide bonds. The molecule has 0 unspecified atom stereocenters. The summed E-state index contributed by atoms with van der Waals surface area (Å²) in [5.41, 5.74) is 2.68. The number of rotatable bonds is 6. The molecule has 2 aromatic carbocycles. The summed E-state index contributed by atoms with van der Waals surface area (Å²) >= 11 is 0. The van der Waals surface area contributed by atoms with Crippen molar-refractivity contribution in [2.24, 2.45) is 10.2 Å². The van der Waals surface area contributed by atoms with E-state index in [1.54, 1.807) is 18.2 Å². The second-order valence-corrected chi connectivity index (χ2v) is 9.78. The van der Waals surface area contributed by atoms with Crippen LogP contribution in [0.4, 0.5) is 17.1 Å². The normalized spacial score (nSPS) is 12.5. The van der Waals surface area contributed by atoms with E-state index >= 15 is 0 Å². The van der Waals surface area contributed by atoms with Crippen molar-refractivity contribution in [3.05, 3.63) is 57.1 Å². The third kappa shape index (κ3) is 5.65. The largest absolute Gasteiger partial charge is 0.505 e. The lowest BCUT2D eigenvalue weighted by atomic mass is 9.80. The Morgan fingerprint density at radius 3 is 2.13 bits per heavy atom.